The Balaban J connectivity index is 1.51. The molecule has 0 bridgehead atoms. The maximum absolute atomic E-state index is 12.3. The van der Waals surface area contributed by atoms with Gasteiger partial charge >= 0.3 is 0 Å². The molecular formula is C16H19N4O3-. The van der Waals surface area contributed by atoms with Gasteiger partial charge in [0.25, 0.3) is 5.91 Å². The van der Waals surface area contributed by atoms with Gasteiger partial charge in [0.15, 0.2) is 0 Å². The molecule has 122 valence electrons. The number of carbonyl (C=O) groups excluding carboxylic acids is 2. The Morgan fingerprint density at radius 1 is 1.26 bits per heavy atom. The lowest BCUT2D eigenvalue weighted by molar-refractivity contribution is -0.251. The van der Waals surface area contributed by atoms with E-state index in [4.69, 9.17) is 0 Å². The largest absolute Gasteiger partial charge is 0.530 e. The molecule has 7 nitrogen and oxygen atoms in total. The maximum Gasteiger partial charge on any atom is 0.251 e. The molecule has 0 atom stereocenters. The average Bonchev–Trinajstić information content (AvgIpc) is 3.01. The summed E-state index contributed by atoms with van der Waals surface area (Å²) in [6, 6.07) is 5.59. The lowest BCUT2D eigenvalue weighted by atomic mass is 9.86. The van der Waals surface area contributed by atoms with Crippen molar-refractivity contribution < 1.29 is 14.7 Å². The second-order valence-corrected chi connectivity index (χ2v) is 6.03. The summed E-state index contributed by atoms with van der Waals surface area (Å²) in [6.07, 6.45) is 3.98. The van der Waals surface area contributed by atoms with Gasteiger partial charge in [0.05, 0.1) is 11.7 Å². The molecule has 23 heavy (non-hydrogen) atoms. The Hall–Kier alpha value is -2.57. The van der Waals surface area contributed by atoms with Gasteiger partial charge in [-0.1, -0.05) is 0 Å². The molecule has 0 unspecified atom stereocenters. The zero-order valence-electron chi connectivity index (χ0n) is 12.7. The monoisotopic (exact) mass is 315 g/mol. The summed E-state index contributed by atoms with van der Waals surface area (Å²) in [5.41, 5.74) is 1.53. The van der Waals surface area contributed by atoms with Crippen LogP contribution in [-0.4, -0.2) is 34.8 Å². The third-order valence-electron chi connectivity index (χ3n) is 4.42. The number of nitrogens with zero attached hydrogens (tertiary/aromatic N) is 1. The fraction of sp³-hybridized carbons (Fsp3) is 0.438. The minimum absolute atomic E-state index is 0.0792. The molecular weight excluding hydrogens is 296 g/mol. The SMILES string of the molecule is O=C([O-])NCC1CCC(NC(=O)c2ccc3[nH]ncc3c2)CC1. The molecule has 2 amide bonds. The van der Waals surface area contributed by atoms with Gasteiger partial charge in [0, 0.05) is 23.5 Å². The molecule has 0 saturated heterocycles. The van der Waals surface area contributed by atoms with Gasteiger partial charge in [-0.25, -0.2) is 0 Å². The number of rotatable bonds is 4. The minimum Gasteiger partial charge on any atom is -0.530 e. The Morgan fingerprint density at radius 2 is 2.04 bits per heavy atom. The molecule has 0 spiro atoms. The van der Waals surface area contributed by atoms with Crippen molar-refractivity contribution in [3.8, 4) is 0 Å². The van der Waals surface area contributed by atoms with E-state index in [1.54, 1.807) is 12.3 Å². The molecule has 0 aliphatic heterocycles. The highest BCUT2D eigenvalue weighted by molar-refractivity contribution is 5.98. The van der Waals surface area contributed by atoms with Gasteiger partial charge < -0.3 is 20.5 Å². The van der Waals surface area contributed by atoms with Gasteiger partial charge in [-0.05, 0) is 49.8 Å². The van der Waals surface area contributed by atoms with E-state index in [0.717, 1.165) is 36.6 Å². The van der Waals surface area contributed by atoms with E-state index in [-0.39, 0.29) is 11.9 Å². The molecule has 1 fully saturated rings. The highest BCUT2D eigenvalue weighted by atomic mass is 16.4. The van der Waals surface area contributed by atoms with Crippen LogP contribution in [0.15, 0.2) is 24.4 Å². The van der Waals surface area contributed by atoms with E-state index in [2.05, 4.69) is 20.8 Å². The smallest absolute Gasteiger partial charge is 0.251 e. The Kier molecular flexibility index (Phi) is 4.45. The molecule has 1 saturated carbocycles. The number of aromatic amines is 1. The third kappa shape index (κ3) is 3.80. The lowest BCUT2D eigenvalue weighted by Gasteiger charge is -2.29. The zero-order valence-corrected chi connectivity index (χ0v) is 12.7. The van der Waals surface area contributed by atoms with Crippen molar-refractivity contribution in [2.75, 3.05) is 6.54 Å². The number of hydrogen-bond acceptors (Lipinski definition) is 4. The molecule has 1 aliphatic carbocycles. The van der Waals surface area contributed by atoms with Crippen LogP contribution in [-0.2, 0) is 0 Å². The topological polar surface area (TPSA) is 110 Å². The summed E-state index contributed by atoms with van der Waals surface area (Å²) >= 11 is 0. The number of carbonyl (C=O) groups is 2. The number of H-pyrrole nitrogens is 1. The van der Waals surface area contributed by atoms with Crippen LogP contribution in [0.3, 0.4) is 0 Å². The molecule has 1 aromatic carbocycles. The number of fused-ring (bicyclic) bond motifs is 1. The van der Waals surface area contributed by atoms with Crippen molar-refractivity contribution in [1.29, 1.82) is 0 Å². The normalized spacial score (nSPS) is 21.0. The van der Waals surface area contributed by atoms with Crippen molar-refractivity contribution in [2.24, 2.45) is 5.92 Å². The van der Waals surface area contributed by atoms with Gasteiger partial charge in [-0.3, -0.25) is 9.89 Å². The van der Waals surface area contributed by atoms with E-state index in [9.17, 15) is 14.7 Å². The van der Waals surface area contributed by atoms with E-state index in [1.807, 2.05) is 12.1 Å². The van der Waals surface area contributed by atoms with E-state index in [1.165, 1.54) is 0 Å². The van der Waals surface area contributed by atoms with Gasteiger partial charge in [-0.15, -0.1) is 0 Å². The first kappa shape index (κ1) is 15.3. The molecule has 3 rings (SSSR count). The Morgan fingerprint density at radius 3 is 2.78 bits per heavy atom. The number of nitrogens with one attached hydrogen (secondary N) is 3. The van der Waals surface area contributed by atoms with Crippen molar-refractivity contribution in [3.63, 3.8) is 0 Å². The van der Waals surface area contributed by atoms with Crippen LogP contribution in [0.4, 0.5) is 4.79 Å². The van der Waals surface area contributed by atoms with Crippen LogP contribution in [0.2, 0.25) is 0 Å². The lowest BCUT2D eigenvalue weighted by Crippen LogP contribution is -2.42. The summed E-state index contributed by atoms with van der Waals surface area (Å²) in [6.45, 7) is 0.431. The van der Waals surface area contributed by atoms with Crippen LogP contribution < -0.4 is 15.7 Å². The van der Waals surface area contributed by atoms with Crippen molar-refractivity contribution in [3.05, 3.63) is 30.0 Å². The van der Waals surface area contributed by atoms with Gasteiger partial charge in [0.1, 0.15) is 6.09 Å². The van der Waals surface area contributed by atoms with Crippen LogP contribution in [0.5, 0.6) is 0 Å². The Labute approximate surface area is 133 Å². The quantitative estimate of drug-likeness (QED) is 0.774. The van der Waals surface area contributed by atoms with Gasteiger partial charge in [0.2, 0.25) is 0 Å². The predicted octanol–water partition coefficient (Wildman–Crippen LogP) is 0.784. The van der Waals surface area contributed by atoms with E-state index >= 15 is 0 Å². The highest BCUT2D eigenvalue weighted by Crippen LogP contribution is 2.24. The molecule has 1 aliphatic rings. The number of benzene rings is 1. The second kappa shape index (κ2) is 6.68. The molecule has 3 N–H and O–H groups in total. The summed E-state index contributed by atoms with van der Waals surface area (Å²) in [7, 11) is 0. The van der Waals surface area contributed by atoms with Crippen molar-refractivity contribution in [1.82, 2.24) is 20.8 Å². The first-order valence-electron chi connectivity index (χ1n) is 7.80. The standard InChI is InChI=1S/C16H20N4O3/c21-15(11-3-6-14-12(7-11)9-18-20-14)19-13-4-1-10(2-5-13)8-17-16(22)23/h3,6-7,9-10,13,17H,1-2,4-5,8H2,(H,18,20)(H,19,21)(H,22,23)/p-1. The number of carboxylic acid groups (broad SMARTS) is 1. The maximum atomic E-state index is 12.3. The molecule has 2 aromatic rings. The molecule has 7 heteroatoms. The van der Waals surface area contributed by atoms with Crippen LogP contribution >= 0.6 is 0 Å². The third-order valence-corrected chi connectivity index (χ3v) is 4.42. The first-order valence-corrected chi connectivity index (χ1v) is 7.80. The average molecular weight is 315 g/mol. The summed E-state index contributed by atoms with van der Waals surface area (Å²) in [5.74, 6) is 0.243. The molecule has 1 heterocycles. The molecule has 1 aromatic heterocycles. The fourth-order valence-corrected chi connectivity index (χ4v) is 3.09. The van der Waals surface area contributed by atoms with Crippen LogP contribution in [0, 0.1) is 5.92 Å². The van der Waals surface area contributed by atoms with E-state index < -0.39 is 6.09 Å². The van der Waals surface area contributed by atoms with Gasteiger partial charge in [-0.2, -0.15) is 5.10 Å². The summed E-state index contributed by atoms with van der Waals surface area (Å²) < 4.78 is 0. The van der Waals surface area contributed by atoms with Crippen molar-refractivity contribution in [2.45, 2.75) is 31.7 Å². The van der Waals surface area contributed by atoms with Crippen LogP contribution in [0.25, 0.3) is 10.9 Å². The number of hydrogen-bond donors (Lipinski definition) is 3. The second-order valence-electron chi connectivity index (χ2n) is 6.03. The fourth-order valence-electron chi connectivity index (χ4n) is 3.09. The number of aromatic nitrogens is 2. The molecule has 0 radical (unpaired) electrons. The zero-order chi connectivity index (χ0) is 16.2. The van der Waals surface area contributed by atoms with Crippen LogP contribution in [0.1, 0.15) is 36.0 Å². The summed E-state index contributed by atoms with van der Waals surface area (Å²) in [4.78, 5) is 22.7. The predicted molar refractivity (Wildman–Crippen MR) is 82.7 cm³/mol. The Bertz CT molecular complexity index is 704. The summed E-state index contributed by atoms with van der Waals surface area (Å²) in [5, 5.41) is 23.5. The van der Waals surface area contributed by atoms with E-state index in [0.29, 0.717) is 18.0 Å². The van der Waals surface area contributed by atoms with Crippen molar-refractivity contribution >= 4 is 22.9 Å². The number of amides is 2. The highest BCUT2D eigenvalue weighted by Gasteiger charge is 2.22. The first-order chi connectivity index (χ1) is 11.1. The minimum atomic E-state index is -1.23.